The third-order valence-corrected chi connectivity index (χ3v) is 3.65. The third kappa shape index (κ3) is 5.88. The Morgan fingerprint density at radius 1 is 1.04 bits per heavy atom. The molecule has 3 N–H and O–H groups in total. The lowest BCUT2D eigenvalue weighted by molar-refractivity contribution is 0.242. The summed E-state index contributed by atoms with van der Waals surface area (Å²) < 4.78 is 16.2. The zero-order valence-electron chi connectivity index (χ0n) is 15.8. The van der Waals surface area contributed by atoms with Crippen molar-refractivity contribution in [2.75, 3.05) is 26.1 Å². The zero-order valence-corrected chi connectivity index (χ0v) is 15.8. The fourth-order valence-corrected chi connectivity index (χ4v) is 2.40. The third-order valence-electron chi connectivity index (χ3n) is 3.65. The van der Waals surface area contributed by atoms with Gasteiger partial charge in [0.2, 0.25) is 0 Å². The van der Waals surface area contributed by atoms with Gasteiger partial charge < -0.3 is 25.3 Å². The van der Waals surface area contributed by atoms with Crippen molar-refractivity contribution in [1.82, 2.24) is 0 Å². The van der Waals surface area contributed by atoms with Crippen molar-refractivity contribution in [3.8, 4) is 17.2 Å². The van der Waals surface area contributed by atoms with Gasteiger partial charge in [-0.2, -0.15) is 0 Å². The first-order valence-corrected chi connectivity index (χ1v) is 8.56. The summed E-state index contributed by atoms with van der Waals surface area (Å²) in [7, 11) is 3.22. The molecule has 0 amide bonds. The monoisotopic (exact) mass is 357 g/mol. The Morgan fingerprint density at radius 3 is 2.35 bits per heavy atom. The van der Waals surface area contributed by atoms with Gasteiger partial charge in [-0.15, -0.1) is 0 Å². The molecule has 2 aromatic carbocycles. The minimum atomic E-state index is 0.171. The molecule has 0 unspecified atom stereocenters. The highest BCUT2D eigenvalue weighted by atomic mass is 16.5. The molecule has 0 saturated carbocycles. The van der Waals surface area contributed by atoms with Gasteiger partial charge in [-0.1, -0.05) is 12.1 Å². The summed E-state index contributed by atoms with van der Waals surface area (Å²) in [5, 5.41) is 3.06. The second-order valence-electron chi connectivity index (χ2n) is 6.02. The van der Waals surface area contributed by atoms with E-state index in [1.54, 1.807) is 14.2 Å². The van der Waals surface area contributed by atoms with Gasteiger partial charge in [0.1, 0.15) is 17.2 Å². The normalized spacial score (nSPS) is 11.3. The number of benzene rings is 2. The van der Waals surface area contributed by atoms with Crippen LogP contribution in [0.1, 0.15) is 19.4 Å². The van der Waals surface area contributed by atoms with Gasteiger partial charge in [-0.3, -0.25) is 4.99 Å². The molecule has 0 radical (unpaired) electrons. The van der Waals surface area contributed by atoms with E-state index in [1.165, 1.54) is 5.56 Å². The fraction of sp³-hybridized carbons (Fsp3) is 0.350. The number of hydrogen-bond donors (Lipinski definition) is 2. The number of hydrogen-bond acceptors (Lipinski definition) is 4. The minimum Gasteiger partial charge on any atom is -0.497 e. The fourth-order valence-electron chi connectivity index (χ4n) is 2.40. The molecule has 0 atom stereocenters. The summed E-state index contributed by atoms with van der Waals surface area (Å²) in [6.07, 6.45) is 0.962. The number of aliphatic imine (C=N–C) groups is 1. The summed E-state index contributed by atoms with van der Waals surface area (Å²) in [5.41, 5.74) is 7.88. The van der Waals surface area contributed by atoms with Gasteiger partial charge in [0.05, 0.1) is 26.0 Å². The second kappa shape index (κ2) is 9.56. The first kappa shape index (κ1) is 19.4. The van der Waals surface area contributed by atoms with Crippen molar-refractivity contribution in [3.63, 3.8) is 0 Å². The van der Waals surface area contributed by atoms with E-state index < -0.39 is 0 Å². The number of guanidine groups is 1. The van der Waals surface area contributed by atoms with Crippen LogP contribution in [-0.2, 0) is 6.42 Å². The van der Waals surface area contributed by atoms with Gasteiger partial charge in [-0.25, -0.2) is 0 Å². The molecule has 0 heterocycles. The van der Waals surface area contributed by atoms with Crippen LogP contribution in [0.2, 0.25) is 0 Å². The van der Waals surface area contributed by atoms with Crippen molar-refractivity contribution in [2.24, 2.45) is 10.7 Å². The van der Waals surface area contributed by atoms with Gasteiger partial charge >= 0.3 is 0 Å². The average Bonchev–Trinajstić information content (AvgIpc) is 2.62. The van der Waals surface area contributed by atoms with E-state index in [0.29, 0.717) is 29.7 Å². The number of anilines is 1. The Balaban J connectivity index is 1.92. The smallest absolute Gasteiger partial charge is 0.193 e. The molecule has 0 saturated heterocycles. The van der Waals surface area contributed by atoms with Gasteiger partial charge in [0, 0.05) is 12.6 Å². The molecule has 6 nitrogen and oxygen atoms in total. The predicted molar refractivity (Wildman–Crippen MR) is 106 cm³/mol. The molecule has 2 rings (SSSR count). The molecule has 6 heteroatoms. The molecule has 0 spiro atoms. The lowest BCUT2D eigenvalue weighted by Gasteiger charge is -2.12. The van der Waals surface area contributed by atoms with Crippen LogP contribution in [-0.4, -0.2) is 32.8 Å². The maximum absolute atomic E-state index is 5.99. The van der Waals surface area contributed by atoms with E-state index in [2.05, 4.69) is 10.3 Å². The van der Waals surface area contributed by atoms with Crippen molar-refractivity contribution in [1.29, 1.82) is 0 Å². The number of rotatable bonds is 8. The van der Waals surface area contributed by atoms with Crippen LogP contribution in [0.15, 0.2) is 47.5 Å². The number of nitrogens with one attached hydrogen (secondary N) is 1. The number of nitrogens with two attached hydrogens (primary N) is 1. The Morgan fingerprint density at radius 2 is 1.73 bits per heavy atom. The van der Waals surface area contributed by atoms with Crippen LogP contribution in [0.3, 0.4) is 0 Å². The van der Waals surface area contributed by atoms with Crippen LogP contribution in [0, 0.1) is 0 Å². The highest BCUT2D eigenvalue weighted by molar-refractivity contribution is 5.94. The van der Waals surface area contributed by atoms with Crippen LogP contribution in [0.4, 0.5) is 5.69 Å². The van der Waals surface area contributed by atoms with Crippen molar-refractivity contribution < 1.29 is 14.2 Å². The molecule has 0 aromatic heterocycles. The first-order valence-electron chi connectivity index (χ1n) is 8.56. The highest BCUT2D eigenvalue weighted by Gasteiger charge is 2.06. The number of methoxy groups -OCH3 is 2. The van der Waals surface area contributed by atoms with Crippen molar-refractivity contribution in [2.45, 2.75) is 26.4 Å². The number of ether oxygens (including phenoxy) is 3. The number of nitrogens with zero attached hydrogens (tertiary/aromatic N) is 1. The zero-order chi connectivity index (χ0) is 18.9. The summed E-state index contributed by atoms with van der Waals surface area (Å²) in [6.45, 7) is 4.60. The van der Waals surface area contributed by atoms with E-state index in [-0.39, 0.29) is 6.10 Å². The molecule has 0 aliphatic carbocycles. The van der Waals surface area contributed by atoms with Gasteiger partial charge in [-0.05, 0) is 50.1 Å². The maximum atomic E-state index is 5.99. The van der Waals surface area contributed by atoms with Crippen LogP contribution >= 0.6 is 0 Å². The average molecular weight is 357 g/mol. The molecule has 0 aliphatic rings. The summed E-state index contributed by atoms with van der Waals surface area (Å²) in [5.74, 6) is 2.59. The van der Waals surface area contributed by atoms with Gasteiger partial charge in [0.25, 0.3) is 0 Å². The highest BCUT2D eigenvalue weighted by Crippen LogP contribution is 2.28. The summed E-state index contributed by atoms with van der Waals surface area (Å²) >= 11 is 0. The summed E-state index contributed by atoms with van der Waals surface area (Å²) in [6, 6.07) is 13.5. The molecular formula is C20H27N3O3. The molecule has 2 aromatic rings. The minimum absolute atomic E-state index is 0.171. The Hall–Kier alpha value is -2.89. The molecule has 0 fully saturated rings. The maximum Gasteiger partial charge on any atom is 0.193 e. The molecular weight excluding hydrogens is 330 g/mol. The van der Waals surface area contributed by atoms with Crippen LogP contribution < -0.4 is 25.3 Å². The van der Waals surface area contributed by atoms with Crippen molar-refractivity contribution >= 4 is 11.6 Å². The van der Waals surface area contributed by atoms with E-state index in [1.807, 2.05) is 56.3 Å². The molecule has 26 heavy (non-hydrogen) atoms. The van der Waals surface area contributed by atoms with Crippen LogP contribution in [0.25, 0.3) is 0 Å². The Kier molecular flexibility index (Phi) is 7.14. The largest absolute Gasteiger partial charge is 0.497 e. The standard InChI is InChI=1S/C20H27N3O3/c1-14(2)26-16-7-5-15(6-8-16)11-12-22-20(21)23-18-13-17(24-3)9-10-19(18)25-4/h5-10,13-14H,11-12H2,1-4H3,(H3,21,22,23). The topological polar surface area (TPSA) is 78.1 Å². The molecule has 0 bridgehead atoms. The van der Waals surface area contributed by atoms with Gasteiger partial charge in [0.15, 0.2) is 5.96 Å². The van der Waals surface area contributed by atoms with E-state index in [9.17, 15) is 0 Å². The Bertz CT molecular complexity index is 728. The van der Waals surface area contributed by atoms with E-state index >= 15 is 0 Å². The molecule has 0 aliphatic heterocycles. The Labute approximate surface area is 155 Å². The quantitative estimate of drug-likeness (QED) is 0.559. The van der Waals surface area contributed by atoms with E-state index in [4.69, 9.17) is 19.9 Å². The SMILES string of the molecule is COc1ccc(OC)c(NC(N)=NCCc2ccc(OC(C)C)cc2)c1. The van der Waals surface area contributed by atoms with E-state index in [0.717, 1.165) is 12.2 Å². The first-order chi connectivity index (χ1) is 12.5. The lowest BCUT2D eigenvalue weighted by atomic mass is 10.1. The summed E-state index contributed by atoms with van der Waals surface area (Å²) in [4.78, 5) is 4.37. The predicted octanol–water partition coefficient (Wildman–Crippen LogP) is 3.46. The molecule has 140 valence electrons. The van der Waals surface area contributed by atoms with Crippen LogP contribution in [0.5, 0.6) is 17.2 Å². The van der Waals surface area contributed by atoms with Crippen molar-refractivity contribution in [3.05, 3.63) is 48.0 Å². The lowest BCUT2D eigenvalue weighted by Crippen LogP contribution is -2.23. The second-order valence-corrected chi connectivity index (χ2v) is 6.02.